The molecule has 0 aromatic carbocycles. The summed E-state index contributed by atoms with van der Waals surface area (Å²) in [5, 5.41) is 10.6. The molecule has 2 N–H and O–H groups in total. The standard InChI is InChI=1S/C15H26N4O/c1-15(2,13-6-3-7-16-12-13)14(20)17-8-4-10-19-11-5-9-18-19/h5,9,11,13,16H,3-4,6-8,10,12H2,1-2H3,(H,17,20). The van der Waals surface area contributed by atoms with Crippen molar-refractivity contribution in [3.63, 3.8) is 0 Å². The van der Waals surface area contributed by atoms with Gasteiger partial charge in [-0.2, -0.15) is 5.10 Å². The van der Waals surface area contributed by atoms with Crippen LogP contribution in [0.2, 0.25) is 0 Å². The second kappa shape index (κ2) is 6.88. The van der Waals surface area contributed by atoms with Crippen molar-refractivity contribution in [1.29, 1.82) is 0 Å². The lowest BCUT2D eigenvalue weighted by Gasteiger charge is -2.36. The molecule has 1 fully saturated rings. The number of hydrogen-bond acceptors (Lipinski definition) is 3. The van der Waals surface area contributed by atoms with Crippen molar-refractivity contribution in [1.82, 2.24) is 20.4 Å². The third kappa shape index (κ3) is 3.82. The van der Waals surface area contributed by atoms with E-state index in [4.69, 9.17) is 0 Å². The molecule has 5 heteroatoms. The first-order chi connectivity index (χ1) is 9.60. The Morgan fingerprint density at radius 1 is 1.55 bits per heavy atom. The summed E-state index contributed by atoms with van der Waals surface area (Å²) in [4.78, 5) is 12.4. The smallest absolute Gasteiger partial charge is 0.225 e. The van der Waals surface area contributed by atoms with Crippen molar-refractivity contribution in [2.24, 2.45) is 11.3 Å². The minimum atomic E-state index is -0.293. The number of carbonyl (C=O) groups excluding carboxylic acids is 1. The van der Waals surface area contributed by atoms with E-state index in [0.717, 1.165) is 32.5 Å². The van der Waals surface area contributed by atoms with Crippen LogP contribution in [-0.4, -0.2) is 35.3 Å². The summed E-state index contributed by atoms with van der Waals surface area (Å²) in [5.74, 6) is 0.606. The molecule has 1 amide bonds. The number of amides is 1. The third-order valence-corrected chi connectivity index (χ3v) is 4.31. The molecule has 1 aromatic rings. The Labute approximate surface area is 121 Å². The summed E-state index contributed by atoms with van der Waals surface area (Å²) in [6.07, 6.45) is 6.94. The molecular weight excluding hydrogens is 252 g/mol. The van der Waals surface area contributed by atoms with Gasteiger partial charge in [0.25, 0.3) is 0 Å². The van der Waals surface area contributed by atoms with Crippen molar-refractivity contribution in [2.45, 2.75) is 39.7 Å². The third-order valence-electron chi connectivity index (χ3n) is 4.31. The van der Waals surface area contributed by atoms with E-state index >= 15 is 0 Å². The maximum Gasteiger partial charge on any atom is 0.225 e. The van der Waals surface area contributed by atoms with E-state index in [0.29, 0.717) is 12.5 Å². The largest absolute Gasteiger partial charge is 0.356 e. The van der Waals surface area contributed by atoms with Crippen molar-refractivity contribution >= 4 is 5.91 Å². The van der Waals surface area contributed by atoms with Crippen molar-refractivity contribution in [3.8, 4) is 0 Å². The van der Waals surface area contributed by atoms with Crippen LogP contribution in [0.15, 0.2) is 18.5 Å². The fourth-order valence-corrected chi connectivity index (χ4v) is 2.76. The highest BCUT2D eigenvalue weighted by Gasteiger charge is 2.36. The second-order valence-corrected chi connectivity index (χ2v) is 6.14. The van der Waals surface area contributed by atoms with Gasteiger partial charge in [0.15, 0.2) is 0 Å². The van der Waals surface area contributed by atoms with Gasteiger partial charge in [0, 0.05) is 30.9 Å². The monoisotopic (exact) mass is 278 g/mol. The predicted molar refractivity (Wildman–Crippen MR) is 79.2 cm³/mol. The number of nitrogens with zero attached hydrogens (tertiary/aromatic N) is 2. The number of piperidine rings is 1. The first-order valence-corrected chi connectivity index (χ1v) is 7.57. The van der Waals surface area contributed by atoms with E-state index in [1.807, 2.05) is 16.9 Å². The molecular formula is C15H26N4O. The van der Waals surface area contributed by atoms with Crippen LogP contribution < -0.4 is 10.6 Å². The van der Waals surface area contributed by atoms with Gasteiger partial charge in [-0.3, -0.25) is 9.48 Å². The molecule has 2 rings (SSSR count). The Morgan fingerprint density at radius 3 is 3.05 bits per heavy atom. The maximum absolute atomic E-state index is 12.4. The zero-order valence-corrected chi connectivity index (χ0v) is 12.6. The van der Waals surface area contributed by atoms with Crippen molar-refractivity contribution < 1.29 is 4.79 Å². The lowest BCUT2D eigenvalue weighted by atomic mass is 9.74. The van der Waals surface area contributed by atoms with E-state index in [2.05, 4.69) is 29.6 Å². The van der Waals surface area contributed by atoms with Gasteiger partial charge < -0.3 is 10.6 Å². The molecule has 0 radical (unpaired) electrons. The Morgan fingerprint density at radius 2 is 2.40 bits per heavy atom. The fourth-order valence-electron chi connectivity index (χ4n) is 2.76. The van der Waals surface area contributed by atoms with Crippen LogP contribution >= 0.6 is 0 Å². The van der Waals surface area contributed by atoms with E-state index in [1.54, 1.807) is 6.20 Å². The number of aryl methyl sites for hydroxylation is 1. The molecule has 1 aliphatic heterocycles. The quantitative estimate of drug-likeness (QED) is 0.774. The topological polar surface area (TPSA) is 59.0 Å². The summed E-state index contributed by atoms with van der Waals surface area (Å²) >= 11 is 0. The maximum atomic E-state index is 12.4. The van der Waals surface area contributed by atoms with Gasteiger partial charge in [-0.05, 0) is 44.3 Å². The van der Waals surface area contributed by atoms with Crippen LogP contribution in [0, 0.1) is 11.3 Å². The van der Waals surface area contributed by atoms with Gasteiger partial charge in [0.2, 0.25) is 5.91 Å². The lowest BCUT2D eigenvalue weighted by molar-refractivity contribution is -0.132. The van der Waals surface area contributed by atoms with Crippen LogP contribution in [0.3, 0.4) is 0 Å². The Hall–Kier alpha value is -1.36. The Bertz CT molecular complexity index is 408. The SMILES string of the molecule is CC(C)(C(=O)NCCCn1cccn1)C1CCCNC1. The minimum absolute atomic E-state index is 0.173. The summed E-state index contributed by atoms with van der Waals surface area (Å²) in [5.41, 5.74) is -0.293. The summed E-state index contributed by atoms with van der Waals surface area (Å²) < 4.78 is 1.89. The zero-order valence-electron chi connectivity index (χ0n) is 12.6. The van der Waals surface area contributed by atoms with E-state index in [1.165, 1.54) is 6.42 Å². The van der Waals surface area contributed by atoms with Gasteiger partial charge in [-0.15, -0.1) is 0 Å². The average molecular weight is 278 g/mol. The van der Waals surface area contributed by atoms with Gasteiger partial charge in [-0.25, -0.2) is 0 Å². The number of hydrogen-bond donors (Lipinski definition) is 2. The minimum Gasteiger partial charge on any atom is -0.356 e. The molecule has 0 saturated carbocycles. The van der Waals surface area contributed by atoms with E-state index in [-0.39, 0.29) is 11.3 Å². The number of nitrogens with one attached hydrogen (secondary N) is 2. The molecule has 1 aromatic heterocycles. The molecule has 1 atom stereocenters. The van der Waals surface area contributed by atoms with Crippen molar-refractivity contribution in [2.75, 3.05) is 19.6 Å². The molecule has 20 heavy (non-hydrogen) atoms. The molecule has 0 bridgehead atoms. The van der Waals surface area contributed by atoms with Crippen LogP contribution in [0.4, 0.5) is 0 Å². The summed E-state index contributed by atoms with van der Waals surface area (Å²) in [6.45, 7) is 7.72. The number of carbonyl (C=O) groups is 1. The highest BCUT2D eigenvalue weighted by Crippen LogP contribution is 2.31. The molecule has 1 unspecified atom stereocenters. The Kier molecular flexibility index (Phi) is 5.17. The zero-order chi connectivity index (χ0) is 14.4. The lowest BCUT2D eigenvalue weighted by Crippen LogP contribution is -2.47. The van der Waals surface area contributed by atoms with E-state index in [9.17, 15) is 4.79 Å². The molecule has 2 heterocycles. The van der Waals surface area contributed by atoms with Crippen LogP contribution in [0.25, 0.3) is 0 Å². The van der Waals surface area contributed by atoms with Gasteiger partial charge >= 0.3 is 0 Å². The average Bonchev–Trinajstić information content (AvgIpc) is 2.97. The normalized spacial score (nSPS) is 19.8. The van der Waals surface area contributed by atoms with E-state index < -0.39 is 0 Å². The molecule has 1 saturated heterocycles. The second-order valence-electron chi connectivity index (χ2n) is 6.14. The number of aromatic nitrogens is 2. The molecule has 1 aliphatic rings. The first kappa shape index (κ1) is 15.0. The predicted octanol–water partition coefficient (Wildman–Crippen LogP) is 1.42. The summed E-state index contributed by atoms with van der Waals surface area (Å²) in [7, 11) is 0. The molecule has 0 aliphatic carbocycles. The molecule has 112 valence electrons. The van der Waals surface area contributed by atoms with Crippen LogP contribution in [-0.2, 0) is 11.3 Å². The molecule has 0 spiro atoms. The highest BCUT2D eigenvalue weighted by molar-refractivity contribution is 5.82. The van der Waals surface area contributed by atoms with Crippen LogP contribution in [0.1, 0.15) is 33.1 Å². The Balaban J connectivity index is 1.72. The van der Waals surface area contributed by atoms with Gasteiger partial charge in [0.05, 0.1) is 0 Å². The number of rotatable bonds is 6. The molecule has 5 nitrogen and oxygen atoms in total. The summed E-state index contributed by atoms with van der Waals surface area (Å²) in [6, 6.07) is 1.91. The van der Waals surface area contributed by atoms with Gasteiger partial charge in [-0.1, -0.05) is 13.8 Å². The first-order valence-electron chi connectivity index (χ1n) is 7.57. The fraction of sp³-hybridized carbons (Fsp3) is 0.733. The van der Waals surface area contributed by atoms with Crippen molar-refractivity contribution in [3.05, 3.63) is 18.5 Å². The highest BCUT2D eigenvalue weighted by atomic mass is 16.2. The van der Waals surface area contributed by atoms with Crippen LogP contribution in [0.5, 0.6) is 0 Å². The van der Waals surface area contributed by atoms with Gasteiger partial charge in [0.1, 0.15) is 0 Å².